The number of carbonyl (C=O) groups excluding carboxylic acids is 1. The number of likely N-dealkylation sites (tertiary alicyclic amines) is 1. The van der Waals surface area contributed by atoms with Gasteiger partial charge in [0, 0.05) is 48.4 Å². The molecule has 194 valence electrons. The number of nitrogen functional groups attached to an aromatic ring is 1. The van der Waals surface area contributed by atoms with Crippen molar-refractivity contribution in [1.29, 1.82) is 0 Å². The number of hydrogen-bond acceptors (Lipinski definition) is 7. The Labute approximate surface area is 224 Å². The Morgan fingerprint density at radius 3 is 2.73 bits per heavy atom. The molecule has 0 bridgehead atoms. The standard InChI is InChI=1S/C27H32BrN7O2/c1-16-4-5-21-17(10-16)11-18(13-31-21)20-14-32-35-25(29)24(28)22(33-26(20)35)15-30-19-6-8-34(9-7-19)23(36)12-27(2,3)37/h4-5,10-11,13-14,19,30,37H,6-9,12,15,29H2,1-3H3. The number of carbonyl (C=O) groups is 1. The molecule has 0 unspecified atom stereocenters. The summed E-state index contributed by atoms with van der Waals surface area (Å²) in [6.07, 6.45) is 5.45. The third-order valence-electron chi connectivity index (χ3n) is 6.83. The van der Waals surface area contributed by atoms with E-state index in [0.29, 0.717) is 35.6 Å². The summed E-state index contributed by atoms with van der Waals surface area (Å²) >= 11 is 3.61. The Kier molecular flexibility index (Phi) is 6.91. The molecule has 0 atom stereocenters. The number of anilines is 1. The number of piperidine rings is 1. The van der Waals surface area contributed by atoms with E-state index in [1.54, 1.807) is 24.6 Å². The van der Waals surface area contributed by atoms with Crippen LogP contribution in [0.1, 0.15) is 44.4 Å². The van der Waals surface area contributed by atoms with Crippen molar-refractivity contribution >= 4 is 44.2 Å². The van der Waals surface area contributed by atoms with Crippen LogP contribution in [0, 0.1) is 6.92 Å². The zero-order valence-corrected chi connectivity index (χ0v) is 22.9. The third kappa shape index (κ3) is 5.46. The van der Waals surface area contributed by atoms with Crippen molar-refractivity contribution in [2.24, 2.45) is 0 Å². The topological polar surface area (TPSA) is 122 Å². The van der Waals surface area contributed by atoms with Crippen molar-refractivity contribution in [3.05, 3.63) is 52.4 Å². The number of benzene rings is 1. The normalized spacial score (nSPS) is 15.1. The Bertz CT molecular complexity index is 1470. The lowest BCUT2D eigenvalue weighted by Gasteiger charge is -2.33. The molecule has 1 amide bonds. The van der Waals surface area contributed by atoms with Gasteiger partial charge in [0.1, 0.15) is 5.82 Å². The molecule has 10 heteroatoms. The zero-order valence-electron chi connectivity index (χ0n) is 21.3. The van der Waals surface area contributed by atoms with Gasteiger partial charge in [0.25, 0.3) is 0 Å². The second kappa shape index (κ2) is 10.00. The number of pyridine rings is 1. The molecular formula is C27H32BrN7O2. The highest BCUT2D eigenvalue weighted by atomic mass is 79.9. The minimum Gasteiger partial charge on any atom is -0.390 e. The summed E-state index contributed by atoms with van der Waals surface area (Å²) < 4.78 is 2.36. The van der Waals surface area contributed by atoms with Gasteiger partial charge in [-0.2, -0.15) is 9.61 Å². The van der Waals surface area contributed by atoms with Crippen molar-refractivity contribution < 1.29 is 9.90 Å². The Morgan fingerprint density at radius 2 is 2.00 bits per heavy atom. The SMILES string of the molecule is Cc1ccc2ncc(-c3cnn4c(N)c(Br)c(CNC5CCN(C(=O)CC(C)(C)O)CC5)nc34)cc2c1. The van der Waals surface area contributed by atoms with E-state index < -0.39 is 5.60 Å². The number of rotatable bonds is 6. The molecule has 4 heterocycles. The number of nitrogens with two attached hydrogens (primary N) is 1. The number of nitrogens with zero attached hydrogens (tertiary/aromatic N) is 5. The number of aliphatic hydroxyl groups is 1. The quantitative estimate of drug-likeness (QED) is 0.324. The van der Waals surface area contributed by atoms with Gasteiger partial charge in [0.05, 0.1) is 33.9 Å². The van der Waals surface area contributed by atoms with E-state index in [9.17, 15) is 9.90 Å². The number of halogens is 1. The molecule has 1 saturated heterocycles. The molecule has 3 aromatic heterocycles. The molecule has 0 spiro atoms. The Balaban J connectivity index is 1.33. The van der Waals surface area contributed by atoms with Crippen molar-refractivity contribution in [3.8, 4) is 11.1 Å². The van der Waals surface area contributed by atoms with Crippen molar-refractivity contribution in [2.45, 2.75) is 58.2 Å². The van der Waals surface area contributed by atoms with E-state index >= 15 is 0 Å². The molecule has 1 aromatic carbocycles. The molecule has 0 aliphatic carbocycles. The van der Waals surface area contributed by atoms with Crippen LogP contribution in [0.15, 0.2) is 41.1 Å². The van der Waals surface area contributed by atoms with Gasteiger partial charge >= 0.3 is 0 Å². The van der Waals surface area contributed by atoms with E-state index in [0.717, 1.165) is 40.6 Å². The molecule has 1 fully saturated rings. The third-order valence-corrected chi connectivity index (χ3v) is 7.69. The molecule has 5 rings (SSSR count). The predicted octanol–water partition coefficient (Wildman–Crippen LogP) is 3.84. The number of aromatic nitrogens is 4. The molecule has 0 radical (unpaired) electrons. The first-order valence-electron chi connectivity index (χ1n) is 12.5. The van der Waals surface area contributed by atoms with E-state index in [1.165, 1.54) is 5.56 Å². The molecule has 9 nitrogen and oxygen atoms in total. The van der Waals surface area contributed by atoms with Crippen LogP contribution in [0.3, 0.4) is 0 Å². The smallest absolute Gasteiger partial charge is 0.225 e. The number of fused-ring (bicyclic) bond motifs is 2. The Hall–Kier alpha value is -3.08. The number of aryl methyl sites for hydroxylation is 1. The van der Waals surface area contributed by atoms with Crippen LogP contribution in [-0.2, 0) is 11.3 Å². The fraction of sp³-hybridized carbons (Fsp3) is 0.407. The molecule has 4 aromatic rings. The number of hydrogen-bond donors (Lipinski definition) is 3. The van der Waals surface area contributed by atoms with Gasteiger partial charge in [-0.1, -0.05) is 11.6 Å². The average molecular weight is 567 g/mol. The first-order valence-corrected chi connectivity index (χ1v) is 13.3. The van der Waals surface area contributed by atoms with Crippen molar-refractivity contribution in [3.63, 3.8) is 0 Å². The summed E-state index contributed by atoms with van der Waals surface area (Å²) in [6.45, 7) is 7.26. The van der Waals surface area contributed by atoms with Crippen LogP contribution in [0.5, 0.6) is 0 Å². The highest BCUT2D eigenvalue weighted by Gasteiger charge is 2.27. The van der Waals surface area contributed by atoms with Crippen LogP contribution in [0.2, 0.25) is 0 Å². The largest absolute Gasteiger partial charge is 0.390 e. The molecular weight excluding hydrogens is 534 g/mol. The predicted molar refractivity (Wildman–Crippen MR) is 148 cm³/mol. The minimum absolute atomic E-state index is 0.000175. The fourth-order valence-electron chi connectivity index (χ4n) is 4.82. The maximum Gasteiger partial charge on any atom is 0.225 e. The molecule has 1 aliphatic heterocycles. The summed E-state index contributed by atoms with van der Waals surface area (Å²) in [5.74, 6) is 0.491. The maximum absolute atomic E-state index is 12.4. The van der Waals surface area contributed by atoms with E-state index in [2.05, 4.69) is 56.5 Å². The van der Waals surface area contributed by atoms with E-state index in [4.69, 9.17) is 10.7 Å². The maximum atomic E-state index is 12.4. The van der Waals surface area contributed by atoms with E-state index in [1.807, 2.05) is 17.2 Å². The van der Waals surface area contributed by atoms with Crippen LogP contribution in [-0.4, -0.2) is 60.2 Å². The van der Waals surface area contributed by atoms with Crippen LogP contribution < -0.4 is 11.1 Å². The molecule has 37 heavy (non-hydrogen) atoms. The molecule has 1 aliphatic rings. The van der Waals surface area contributed by atoms with Crippen LogP contribution in [0.25, 0.3) is 27.7 Å². The van der Waals surface area contributed by atoms with Crippen molar-refractivity contribution in [2.75, 3.05) is 18.8 Å². The summed E-state index contributed by atoms with van der Waals surface area (Å²) in [5, 5.41) is 19.1. The molecule has 4 N–H and O–H groups in total. The zero-order chi connectivity index (χ0) is 26.3. The van der Waals surface area contributed by atoms with Gasteiger partial charge < -0.3 is 21.1 Å². The van der Waals surface area contributed by atoms with Crippen molar-refractivity contribution in [1.82, 2.24) is 29.8 Å². The summed E-state index contributed by atoms with van der Waals surface area (Å²) in [4.78, 5) is 23.8. The van der Waals surface area contributed by atoms with Gasteiger partial charge in [-0.3, -0.25) is 9.78 Å². The molecule has 0 saturated carbocycles. The number of amides is 1. The Morgan fingerprint density at radius 1 is 1.24 bits per heavy atom. The van der Waals surface area contributed by atoms with Gasteiger partial charge in [-0.05, 0) is 67.7 Å². The number of nitrogens with one attached hydrogen (secondary N) is 1. The second-order valence-corrected chi connectivity index (χ2v) is 11.3. The second-order valence-electron chi connectivity index (χ2n) is 10.5. The van der Waals surface area contributed by atoms with Crippen LogP contribution in [0.4, 0.5) is 5.82 Å². The van der Waals surface area contributed by atoms with Gasteiger partial charge in [-0.25, -0.2) is 4.98 Å². The van der Waals surface area contributed by atoms with Gasteiger partial charge in [-0.15, -0.1) is 0 Å². The summed E-state index contributed by atoms with van der Waals surface area (Å²) in [5.41, 5.74) is 10.9. The van der Waals surface area contributed by atoms with Gasteiger partial charge in [0.15, 0.2) is 5.65 Å². The summed E-state index contributed by atoms with van der Waals surface area (Å²) in [7, 11) is 0. The lowest BCUT2D eigenvalue weighted by Crippen LogP contribution is -2.46. The summed E-state index contributed by atoms with van der Waals surface area (Å²) in [6, 6.07) is 8.57. The highest BCUT2D eigenvalue weighted by molar-refractivity contribution is 9.10. The lowest BCUT2D eigenvalue weighted by atomic mass is 10.0. The minimum atomic E-state index is -0.989. The van der Waals surface area contributed by atoms with Gasteiger partial charge in [0.2, 0.25) is 5.91 Å². The average Bonchev–Trinajstić information content (AvgIpc) is 3.28. The lowest BCUT2D eigenvalue weighted by molar-refractivity contribution is -0.136. The highest BCUT2D eigenvalue weighted by Crippen LogP contribution is 2.31. The first-order chi connectivity index (χ1) is 17.6. The first kappa shape index (κ1) is 25.6. The van der Waals surface area contributed by atoms with E-state index in [-0.39, 0.29) is 18.4 Å². The van der Waals surface area contributed by atoms with Crippen LogP contribution >= 0.6 is 15.9 Å². The monoisotopic (exact) mass is 565 g/mol. The fourth-order valence-corrected chi connectivity index (χ4v) is 5.22.